The van der Waals surface area contributed by atoms with Gasteiger partial charge in [0.05, 0.1) is 25.2 Å². The summed E-state index contributed by atoms with van der Waals surface area (Å²) in [6.45, 7) is 6.39. The van der Waals surface area contributed by atoms with Crippen molar-refractivity contribution in [1.29, 1.82) is 0 Å². The predicted molar refractivity (Wildman–Crippen MR) is 273 cm³/mol. The number of carbonyl (C=O) groups is 2. The van der Waals surface area contributed by atoms with Crippen molar-refractivity contribution >= 4 is 11.9 Å². The maximum atomic E-state index is 13.2. The average Bonchev–Trinajstić information content (AvgIpc) is 3.28. The molecule has 0 aliphatic heterocycles. The maximum Gasteiger partial charge on any atom is 0.306 e. The van der Waals surface area contributed by atoms with E-state index in [1.165, 1.54) is 141 Å². The molecule has 6 heteroatoms. The van der Waals surface area contributed by atoms with Crippen LogP contribution in [0.15, 0.2) is 60.8 Å². The summed E-state index contributed by atoms with van der Waals surface area (Å²) in [7, 11) is 0. The van der Waals surface area contributed by atoms with Crippen molar-refractivity contribution in [3.05, 3.63) is 60.8 Å². The average molecular weight is 882 g/mol. The lowest BCUT2D eigenvalue weighted by atomic mass is 10.0. The predicted octanol–water partition coefficient (Wildman–Crippen LogP) is 16.4. The van der Waals surface area contributed by atoms with E-state index in [4.69, 9.17) is 4.74 Å². The molecular formula is C57H103NO5. The van der Waals surface area contributed by atoms with Gasteiger partial charge in [0.2, 0.25) is 5.91 Å². The van der Waals surface area contributed by atoms with E-state index in [1.54, 1.807) is 0 Å². The molecule has 3 N–H and O–H groups in total. The Morgan fingerprint density at radius 2 is 0.841 bits per heavy atom. The molecule has 0 aromatic heterocycles. The Labute approximate surface area is 390 Å². The number of rotatable bonds is 48. The fourth-order valence-electron chi connectivity index (χ4n) is 8.11. The molecule has 1 amide bonds. The van der Waals surface area contributed by atoms with Crippen molar-refractivity contribution < 1.29 is 24.5 Å². The first-order valence-corrected chi connectivity index (χ1v) is 27.1. The molecule has 3 unspecified atom stereocenters. The van der Waals surface area contributed by atoms with Crippen molar-refractivity contribution in [1.82, 2.24) is 5.32 Å². The molecule has 0 aliphatic rings. The number of amides is 1. The summed E-state index contributed by atoms with van der Waals surface area (Å²) in [6, 6.07) is -0.706. The quantitative estimate of drug-likeness (QED) is 0.0321. The van der Waals surface area contributed by atoms with Gasteiger partial charge in [0.15, 0.2) is 0 Å². The van der Waals surface area contributed by atoms with Crippen LogP contribution in [0.4, 0.5) is 0 Å². The summed E-state index contributed by atoms with van der Waals surface area (Å²) < 4.78 is 5.94. The molecule has 63 heavy (non-hydrogen) atoms. The highest BCUT2D eigenvalue weighted by molar-refractivity contribution is 5.77. The van der Waals surface area contributed by atoms with E-state index < -0.39 is 18.2 Å². The number of hydrogen-bond acceptors (Lipinski definition) is 5. The Kier molecular flexibility index (Phi) is 48.6. The molecule has 0 radical (unpaired) electrons. The molecule has 0 saturated heterocycles. The summed E-state index contributed by atoms with van der Waals surface area (Å²) in [5.41, 5.74) is 0. The van der Waals surface area contributed by atoms with Gasteiger partial charge in [-0.25, -0.2) is 0 Å². The first-order chi connectivity index (χ1) is 31.0. The number of esters is 1. The maximum absolute atomic E-state index is 13.2. The van der Waals surface area contributed by atoms with Gasteiger partial charge in [0, 0.05) is 6.42 Å². The Hall–Kier alpha value is -2.44. The zero-order valence-electron chi connectivity index (χ0n) is 41.7. The lowest BCUT2D eigenvalue weighted by Gasteiger charge is -2.24. The van der Waals surface area contributed by atoms with Crippen LogP contribution < -0.4 is 5.32 Å². The van der Waals surface area contributed by atoms with Crippen molar-refractivity contribution in [2.75, 3.05) is 6.61 Å². The van der Waals surface area contributed by atoms with Gasteiger partial charge in [0.1, 0.15) is 6.10 Å². The van der Waals surface area contributed by atoms with Crippen LogP contribution >= 0.6 is 0 Å². The normalized spacial score (nSPS) is 13.7. The van der Waals surface area contributed by atoms with E-state index in [-0.39, 0.29) is 24.9 Å². The van der Waals surface area contributed by atoms with Crippen LogP contribution in [0.25, 0.3) is 0 Å². The van der Waals surface area contributed by atoms with Gasteiger partial charge in [-0.15, -0.1) is 0 Å². The highest BCUT2D eigenvalue weighted by atomic mass is 16.5. The molecule has 0 bridgehead atoms. The number of allylic oxidation sites excluding steroid dienone is 10. The minimum Gasteiger partial charge on any atom is -0.462 e. The highest BCUT2D eigenvalue weighted by Gasteiger charge is 2.24. The highest BCUT2D eigenvalue weighted by Crippen LogP contribution is 2.18. The molecule has 0 aromatic rings. The Morgan fingerprint density at radius 3 is 1.29 bits per heavy atom. The molecule has 0 saturated carbocycles. The second kappa shape index (κ2) is 50.6. The summed E-state index contributed by atoms with van der Waals surface area (Å²) in [5, 5.41) is 23.7. The van der Waals surface area contributed by atoms with Gasteiger partial charge in [-0.2, -0.15) is 0 Å². The molecule has 0 rings (SSSR count). The number of nitrogens with one attached hydrogen (secondary N) is 1. The first kappa shape index (κ1) is 60.6. The van der Waals surface area contributed by atoms with Gasteiger partial charge < -0.3 is 20.3 Å². The first-order valence-electron chi connectivity index (χ1n) is 27.1. The minimum absolute atomic E-state index is 0.0681. The van der Waals surface area contributed by atoms with Gasteiger partial charge in [-0.3, -0.25) is 9.59 Å². The SMILES string of the molecule is CCC/C=C/C=C/C=C/C=C/C=C/CCCCCCCC(=O)OC(CCCCCCCCCCCCCCCCCCC)CC(=O)NC(CO)C(O)CCCCCCCCCCC. The van der Waals surface area contributed by atoms with Gasteiger partial charge in [-0.1, -0.05) is 268 Å². The lowest BCUT2D eigenvalue weighted by molar-refractivity contribution is -0.151. The van der Waals surface area contributed by atoms with Crippen molar-refractivity contribution in [2.24, 2.45) is 0 Å². The summed E-state index contributed by atoms with van der Waals surface area (Å²) in [6.07, 6.45) is 62.8. The molecule has 3 atom stereocenters. The smallest absolute Gasteiger partial charge is 0.306 e. The number of carbonyl (C=O) groups excluding carboxylic acids is 2. The van der Waals surface area contributed by atoms with Gasteiger partial charge in [0.25, 0.3) is 0 Å². The monoisotopic (exact) mass is 882 g/mol. The third kappa shape index (κ3) is 45.9. The topological polar surface area (TPSA) is 95.9 Å². The standard InChI is InChI=1S/C57H103NO5/c1-4-7-10-13-16-19-21-23-25-27-29-31-33-35-38-41-44-47-50-57(62)63-53(48-45-42-39-37-34-32-30-28-26-24-22-20-17-14-11-8-5-2)51-56(61)58-54(52-59)55(60)49-46-43-40-36-18-15-12-9-6-3/h10,13,16,19,21,23,25,27,29,31,53-55,59-60H,4-9,11-12,14-15,17-18,20,22,24,26,28,30,32-52H2,1-3H3,(H,58,61)/b13-10+,19-16+,23-21+,27-25+,31-29+. The number of unbranched alkanes of at least 4 members (excludes halogenated alkanes) is 30. The molecule has 6 nitrogen and oxygen atoms in total. The van der Waals surface area contributed by atoms with Crippen LogP contribution in [0, 0.1) is 0 Å². The molecule has 0 aromatic carbocycles. The van der Waals surface area contributed by atoms with Crippen LogP contribution in [-0.2, 0) is 14.3 Å². The number of aliphatic hydroxyl groups excluding tert-OH is 2. The number of aliphatic hydroxyl groups is 2. The van der Waals surface area contributed by atoms with E-state index in [0.717, 1.165) is 77.0 Å². The third-order valence-electron chi connectivity index (χ3n) is 12.2. The Bertz CT molecular complexity index is 1130. The van der Waals surface area contributed by atoms with E-state index >= 15 is 0 Å². The number of hydrogen-bond donors (Lipinski definition) is 3. The second-order valence-electron chi connectivity index (χ2n) is 18.4. The molecule has 0 aliphatic carbocycles. The largest absolute Gasteiger partial charge is 0.462 e. The third-order valence-corrected chi connectivity index (χ3v) is 12.2. The van der Waals surface area contributed by atoms with Crippen LogP contribution in [0.1, 0.15) is 265 Å². The fourth-order valence-corrected chi connectivity index (χ4v) is 8.11. The molecular weight excluding hydrogens is 779 g/mol. The summed E-state index contributed by atoms with van der Waals surface area (Å²) >= 11 is 0. The van der Waals surface area contributed by atoms with E-state index in [2.05, 4.69) is 62.5 Å². The molecule has 0 spiro atoms. The molecule has 0 fully saturated rings. The zero-order valence-corrected chi connectivity index (χ0v) is 41.7. The van der Waals surface area contributed by atoms with Crippen molar-refractivity contribution in [2.45, 2.75) is 283 Å². The van der Waals surface area contributed by atoms with Crippen LogP contribution in [0.2, 0.25) is 0 Å². The number of ether oxygens (including phenoxy) is 1. The van der Waals surface area contributed by atoms with Gasteiger partial charge >= 0.3 is 5.97 Å². The van der Waals surface area contributed by atoms with Gasteiger partial charge in [-0.05, 0) is 44.9 Å². The van der Waals surface area contributed by atoms with Crippen LogP contribution in [0.3, 0.4) is 0 Å². The zero-order chi connectivity index (χ0) is 45.9. The van der Waals surface area contributed by atoms with Crippen LogP contribution in [0.5, 0.6) is 0 Å². The van der Waals surface area contributed by atoms with Crippen molar-refractivity contribution in [3.8, 4) is 0 Å². The Morgan fingerprint density at radius 1 is 0.460 bits per heavy atom. The van der Waals surface area contributed by atoms with Crippen LogP contribution in [-0.4, -0.2) is 46.9 Å². The minimum atomic E-state index is -0.791. The second-order valence-corrected chi connectivity index (χ2v) is 18.4. The van der Waals surface area contributed by atoms with E-state index in [9.17, 15) is 19.8 Å². The fraction of sp³-hybridized carbons (Fsp3) is 0.789. The summed E-state index contributed by atoms with van der Waals surface area (Å²) in [4.78, 5) is 26.2. The molecule has 366 valence electrons. The summed E-state index contributed by atoms with van der Waals surface area (Å²) in [5.74, 6) is -0.495. The lowest BCUT2D eigenvalue weighted by Crippen LogP contribution is -2.46. The Balaban J connectivity index is 4.60. The molecule has 0 heterocycles. The van der Waals surface area contributed by atoms with Crippen molar-refractivity contribution in [3.63, 3.8) is 0 Å². The van der Waals surface area contributed by atoms with E-state index in [0.29, 0.717) is 19.3 Å². The van der Waals surface area contributed by atoms with E-state index in [1.807, 2.05) is 24.3 Å².